The summed E-state index contributed by atoms with van der Waals surface area (Å²) in [4.78, 5) is 8.58. The maximum absolute atomic E-state index is 6.03. The lowest BCUT2D eigenvalue weighted by atomic mass is 10.2. The summed E-state index contributed by atoms with van der Waals surface area (Å²) in [6, 6.07) is 5.80. The molecule has 14 heavy (non-hydrogen) atoms. The highest BCUT2D eigenvalue weighted by Gasteiger charge is 2.04. The third-order valence-electron chi connectivity index (χ3n) is 1.97. The number of hydrogen-bond donors (Lipinski definition) is 0. The maximum atomic E-state index is 6.03. The Balaban J connectivity index is 2.77. The second-order valence-electron chi connectivity index (χ2n) is 2.95. The van der Waals surface area contributed by atoms with Gasteiger partial charge in [0.05, 0.1) is 5.52 Å². The quantitative estimate of drug-likeness (QED) is 0.741. The van der Waals surface area contributed by atoms with Crippen molar-refractivity contribution in [3.05, 3.63) is 33.6 Å². The van der Waals surface area contributed by atoms with Crippen LogP contribution < -0.4 is 0 Å². The van der Waals surface area contributed by atoms with Crippen molar-refractivity contribution >= 4 is 38.4 Å². The lowest BCUT2D eigenvalue weighted by molar-refractivity contribution is 0.961. The van der Waals surface area contributed by atoms with Gasteiger partial charge in [-0.3, -0.25) is 0 Å². The molecule has 0 amide bonds. The number of benzene rings is 1. The lowest BCUT2D eigenvalue weighted by Gasteiger charge is -2.02. The number of hydrogen-bond acceptors (Lipinski definition) is 2. The van der Waals surface area contributed by atoms with Crippen molar-refractivity contribution in [2.75, 3.05) is 0 Å². The Morgan fingerprint density at radius 3 is 2.86 bits per heavy atom. The van der Waals surface area contributed by atoms with Crippen molar-refractivity contribution in [2.45, 2.75) is 13.3 Å². The Morgan fingerprint density at radius 1 is 1.36 bits per heavy atom. The highest BCUT2D eigenvalue weighted by Crippen LogP contribution is 2.23. The SMILES string of the molecule is CCc1nc(Cl)c2ccc(Br)cc2n1. The number of halogens is 2. The fraction of sp³-hybridized carbons (Fsp3) is 0.200. The van der Waals surface area contributed by atoms with Crippen LogP contribution in [0.1, 0.15) is 12.7 Å². The number of fused-ring (bicyclic) bond motifs is 1. The molecule has 0 spiro atoms. The molecule has 1 aromatic carbocycles. The fourth-order valence-corrected chi connectivity index (χ4v) is 1.87. The van der Waals surface area contributed by atoms with Gasteiger partial charge in [-0.25, -0.2) is 9.97 Å². The zero-order valence-electron chi connectivity index (χ0n) is 7.59. The largest absolute Gasteiger partial charge is 0.233 e. The first-order chi connectivity index (χ1) is 6.70. The smallest absolute Gasteiger partial charge is 0.140 e. The van der Waals surface area contributed by atoms with Gasteiger partial charge in [0.25, 0.3) is 0 Å². The Kier molecular flexibility index (Phi) is 2.70. The highest BCUT2D eigenvalue weighted by molar-refractivity contribution is 9.10. The molecule has 0 unspecified atom stereocenters. The third kappa shape index (κ3) is 1.74. The minimum Gasteiger partial charge on any atom is -0.233 e. The van der Waals surface area contributed by atoms with Gasteiger partial charge in [0.1, 0.15) is 11.0 Å². The van der Waals surface area contributed by atoms with Crippen LogP contribution in [-0.2, 0) is 6.42 Å². The Bertz CT molecular complexity index is 485. The minimum atomic E-state index is 0.527. The summed E-state index contributed by atoms with van der Waals surface area (Å²) in [5.41, 5.74) is 0.885. The van der Waals surface area contributed by atoms with E-state index < -0.39 is 0 Å². The molecular weight excluding hydrogens is 263 g/mol. The molecule has 1 heterocycles. The van der Waals surface area contributed by atoms with Gasteiger partial charge in [0, 0.05) is 16.3 Å². The van der Waals surface area contributed by atoms with Gasteiger partial charge in [-0.15, -0.1) is 0 Å². The van der Waals surface area contributed by atoms with E-state index in [1.165, 1.54) is 0 Å². The average molecular weight is 272 g/mol. The normalized spacial score (nSPS) is 10.8. The molecule has 0 fully saturated rings. The van der Waals surface area contributed by atoms with Gasteiger partial charge < -0.3 is 0 Å². The molecule has 2 aromatic rings. The van der Waals surface area contributed by atoms with Gasteiger partial charge in [-0.2, -0.15) is 0 Å². The first kappa shape index (κ1) is 9.87. The van der Waals surface area contributed by atoms with Crippen LogP contribution in [0.3, 0.4) is 0 Å². The molecule has 0 saturated carbocycles. The number of rotatable bonds is 1. The minimum absolute atomic E-state index is 0.527. The molecule has 0 aliphatic heterocycles. The molecule has 4 heteroatoms. The summed E-state index contributed by atoms with van der Waals surface area (Å²) in [6.45, 7) is 2.01. The van der Waals surface area contributed by atoms with Gasteiger partial charge >= 0.3 is 0 Å². The molecule has 0 saturated heterocycles. The van der Waals surface area contributed by atoms with Crippen molar-refractivity contribution in [1.82, 2.24) is 9.97 Å². The summed E-state index contributed by atoms with van der Waals surface area (Å²) in [5, 5.41) is 1.42. The number of nitrogens with zero attached hydrogens (tertiary/aromatic N) is 2. The van der Waals surface area contributed by atoms with Crippen LogP contribution in [-0.4, -0.2) is 9.97 Å². The van der Waals surface area contributed by atoms with Gasteiger partial charge in [0.15, 0.2) is 0 Å². The average Bonchev–Trinajstić information content (AvgIpc) is 2.16. The molecule has 0 aliphatic rings. The summed E-state index contributed by atoms with van der Waals surface area (Å²) in [5.74, 6) is 0.778. The second kappa shape index (κ2) is 3.83. The highest BCUT2D eigenvalue weighted by atomic mass is 79.9. The zero-order valence-corrected chi connectivity index (χ0v) is 9.93. The summed E-state index contributed by atoms with van der Waals surface area (Å²) < 4.78 is 1.00. The van der Waals surface area contributed by atoms with E-state index in [0.29, 0.717) is 5.15 Å². The molecule has 2 nitrogen and oxygen atoms in total. The molecule has 0 atom stereocenters. The standard InChI is InChI=1S/C10H8BrClN2/c1-2-9-13-8-5-6(11)3-4-7(8)10(12)14-9/h3-5H,2H2,1H3. The van der Waals surface area contributed by atoms with Crippen LogP contribution >= 0.6 is 27.5 Å². The summed E-state index contributed by atoms with van der Waals surface area (Å²) in [7, 11) is 0. The van der Waals surface area contributed by atoms with Crippen molar-refractivity contribution in [3.63, 3.8) is 0 Å². The summed E-state index contributed by atoms with van der Waals surface area (Å²) in [6.07, 6.45) is 0.794. The van der Waals surface area contributed by atoms with Gasteiger partial charge in [-0.05, 0) is 18.2 Å². The molecule has 0 N–H and O–H groups in total. The fourth-order valence-electron chi connectivity index (χ4n) is 1.27. The van der Waals surface area contributed by atoms with Crippen LogP contribution in [0.25, 0.3) is 10.9 Å². The number of aromatic nitrogens is 2. The van der Waals surface area contributed by atoms with E-state index in [1.807, 2.05) is 25.1 Å². The molecule has 0 radical (unpaired) electrons. The molecular formula is C10H8BrClN2. The zero-order chi connectivity index (χ0) is 10.1. The van der Waals surface area contributed by atoms with E-state index in [-0.39, 0.29) is 0 Å². The van der Waals surface area contributed by atoms with Crippen LogP contribution in [0.4, 0.5) is 0 Å². The predicted molar refractivity (Wildman–Crippen MR) is 61.6 cm³/mol. The van der Waals surface area contributed by atoms with Crippen LogP contribution in [0.5, 0.6) is 0 Å². The van der Waals surface area contributed by atoms with Crippen molar-refractivity contribution in [1.29, 1.82) is 0 Å². The lowest BCUT2D eigenvalue weighted by Crippen LogP contribution is -1.94. The monoisotopic (exact) mass is 270 g/mol. The van der Waals surface area contributed by atoms with Crippen LogP contribution in [0.15, 0.2) is 22.7 Å². The molecule has 1 aromatic heterocycles. The Labute approximate surface area is 95.5 Å². The maximum Gasteiger partial charge on any atom is 0.140 e. The van der Waals surface area contributed by atoms with Crippen molar-refractivity contribution in [3.8, 4) is 0 Å². The number of aryl methyl sites for hydroxylation is 1. The van der Waals surface area contributed by atoms with E-state index in [9.17, 15) is 0 Å². The van der Waals surface area contributed by atoms with E-state index in [0.717, 1.165) is 27.6 Å². The van der Waals surface area contributed by atoms with E-state index in [2.05, 4.69) is 25.9 Å². The first-order valence-electron chi connectivity index (χ1n) is 4.32. The molecule has 72 valence electrons. The topological polar surface area (TPSA) is 25.8 Å². The molecule has 0 bridgehead atoms. The van der Waals surface area contributed by atoms with Crippen LogP contribution in [0.2, 0.25) is 5.15 Å². The predicted octanol–water partition coefficient (Wildman–Crippen LogP) is 3.61. The van der Waals surface area contributed by atoms with Crippen molar-refractivity contribution in [2.24, 2.45) is 0 Å². The Morgan fingerprint density at radius 2 is 2.14 bits per heavy atom. The molecule has 0 aliphatic carbocycles. The van der Waals surface area contributed by atoms with Crippen molar-refractivity contribution < 1.29 is 0 Å². The summed E-state index contributed by atoms with van der Waals surface area (Å²) >= 11 is 9.43. The van der Waals surface area contributed by atoms with E-state index in [1.54, 1.807) is 0 Å². The molecule has 2 rings (SSSR count). The Hall–Kier alpha value is -0.670. The van der Waals surface area contributed by atoms with Gasteiger partial charge in [0.2, 0.25) is 0 Å². The first-order valence-corrected chi connectivity index (χ1v) is 5.49. The van der Waals surface area contributed by atoms with E-state index >= 15 is 0 Å². The second-order valence-corrected chi connectivity index (χ2v) is 4.22. The van der Waals surface area contributed by atoms with Gasteiger partial charge in [-0.1, -0.05) is 34.5 Å². The third-order valence-corrected chi connectivity index (χ3v) is 2.76. The van der Waals surface area contributed by atoms with Crippen LogP contribution in [0, 0.1) is 0 Å². The van der Waals surface area contributed by atoms with E-state index in [4.69, 9.17) is 11.6 Å².